The van der Waals surface area contributed by atoms with Crippen LogP contribution in [-0.4, -0.2) is 30.0 Å². The molecule has 0 spiro atoms. The number of carbonyl (C=O) groups is 2. The van der Waals surface area contributed by atoms with Crippen LogP contribution in [0, 0.1) is 15.9 Å². The van der Waals surface area contributed by atoms with Crippen LogP contribution < -0.4 is 11.1 Å². The summed E-state index contributed by atoms with van der Waals surface area (Å²) in [6.45, 7) is 0.0776. The van der Waals surface area contributed by atoms with Gasteiger partial charge in [0.25, 0.3) is 5.69 Å². The summed E-state index contributed by atoms with van der Waals surface area (Å²) < 4.78 is 17.7. The summed E-state index contributed by atoms with van der Waals surface area (Å²) in [6.07, 6.45) is 2.67. The van der Waals surface area contributed by atoms with Gasteiger partial charge in [-0.05, 0) is 35.9 Å². The molecule has 8 nitrogen and oxygen atoms in total. The van der Waals surface area contributed by atoms with Crippen LogP contribution in [0.2, 0.25) is 0 Å². The van der Waals surface area contributed by atoms with E-state index in [1.54, 1.807) is 0 Å². The van der Waals surface area contributed by atoms with Gasteiger partial charge < -0.3 is 15.8 Å². The molecule has 0 aliphatic heterocycles. The molecule has 2 rings (SSSR count). The van der Waals surface area contributed by atoms with Crippen LogP contribution in [0.15, 0.2) is 48.5 Å². The van der Waals surface area contributed by atoms with Crippen molar-refractivity contribution < 1.29 is 23.6 Å². The number of halogens is 1. The Morgan fingerprint density at radius 1 is 1.22 bits per heavy atom. The lowest BCUT2D eigenvalue weighted by atomic mass is 10.1. The van der Waals surface area contributed by atoms with Gasteiger partial charge in [-0.1, -0.05) is 12.1 Å². The second-order valence-electron chi connectivity index (χ2n) is 5.33. The number of primary amides is 1. The molecule has 0 aliphatic carbocycles. The predicted molar refractivity (Wildman–Crippen MR) is 96.5 cm³/mol. The molecule has 2 aromatic carbocycles. The minimum Gasteiger partial charge on any atom is -0.461 e. The minimum atomic E-state index is -0.772. The van der Waals surface area contributed by atoms with E-state index in [1.165, 1.54) is 48.6 Å². The average Bonchev–Trinajstić information content (AvgIpc) is 2.64. The molecule has 0 bridgehead atoms. The number of nitrogens with two attached hydrogens (primary N) is 1. The maximum Gasteiger partial charge on any atom is 0.330 e. The summed E-state index contributed by atoms with van der Waals surface area (Å²) in [5.41, 5.74) is 5.61. The summed E-state index contributed by atoms with van der Waals surface area (Å²) in [5.74, 6) is -1.76. The molecule has 0 aliphatic rings. The van der Waals surface area contributed by atoms with Gasteiger partial charge in [0.1, 0.15) is 18.1 Å². The van der Waals surface area contributed by atoms with Crippen LogP contribution in [0.25, 0.3) is 6.08 Å². The van der Waals surface area contributed by atoms with Crippen LogP contribution in [0.3, 0.4) is 0 Å². The number of hydrogen-bond acceptors (Lipinski definition) is 6. The van der Waals surface area contributed by atoms with Crippen LogP contribution in [0.4, 0.5) is 15.8 Å². The maximum atomic E-state index is 12.8. The molecule has 0 saturated heterocycles. The molecule has 0 radical (unpaired) electrons. The zero-order chi connectivity index (χ0) is 19.8. The van der Waals surface area contributed by atoms with E-state index in [2.05, 4.69) is 5.32 Å². The lowest BCUT2D eigenvalue weighted by Crippen LogP contribution is -2.14. The minimum absolute atomic E-state index is 0.0182. The number of hydrogen-bond donors (Lipinski definition) is 2. The number of nitrogens with one attached hydrogen (secondary N) is 1. The molecule has 0 unspecified atom stereocenters. The highest BCUT2D eigenvalue weighted by atomic mass is 19.1. The van der Waals surface area contributed by atoms with Gasteiger partial charge in [0.2, 0.25) is 5.91 Å². The number of anilines is 1. The Balaban J connectivity index is 1.85. The Morgan fingerprint density at radius 3 is 2.56 bits per heavy atom. The topological polar surface area (TPSA) is 125 Å². The van der Waals surface area contributed by atoms with E-state index in [-0.39, 0.29) is 35.9 Å². The number of rotatable bonds is 8. The number of carbonyl (C=O) groups excluding carboxylic acids is 2. The quantitative estimate of drug-likeness (QED) is 0.241. The lowest BCUT2D eigenvalue weighted by molar-refractivity contribution is -0.384. The monoisotopic (exact) mass is 373 g/mol. The summed E-state index contributed by atoms with van der Waals surface area (Å²) in [4.78, 5) is 33.1. The van der Waals surface area contributed by atoms with Gasteiger partial charge in [-0.2, -0.15) is 0 Å². The second kappa shape index (κ2) is 9.09. The van der Waals surface area contributed by atoms with E-state index in [0.29, 0.717) is 5.56 Å². The van der Waals surface area contributed by atoms with Crippen molar-refractivity contribution in [3.8, 4) is 0 Å². The van der Waals surface area contributed by atoms with Crippen molar-refractivity contribution in [1.29, 1.82) is 0 Å². The number of benzene rings is 2. The first-order valence-corrected chi connectivity index (χ1v) is 7.79. The summed E-state index contributed by atoms with van der Waals surface area (Å²) in [6, 6.07) is 9.34. The molecule has 27 heavy (non-hydrogen) atoms. The van der Waals surface area contributed by atoms with Crippen LogP contribution >= 0.6 is 0 Å². The SMILES string of the molecule is NC(=O)c1ccc(NCCOC(=O)C=Cc2ccc(F)cc2)c([N+](=O)[O-])c1. The zero-order valence-corrected chi connectivity index (χ0v) is 14.1. The first-order valence-electron chi connectivity index (χ1n) is 7.79. The average molecular weight is 373 g/mol. The maximum absolute atomic E-state index is 12.8. The van der Waals surface area contributed by atoms with Crippen molar-refractivity contribution >= 4 is 29.3 Å². The second-order valence-corrected chi connectivity index (χ2v) is 5.33. The summed E-state index contributed by atoms with van der Waals surface area (Å²) >= 11 is 0. The fourth-order valence-electron chi connectivity index (χ4n) is 2.11. The van der Waals surface area contributed by atoms with Crippen molar-refractivity contribution in [1.82, 2.24) is 0 Å². The number of nitro benzene ring substituents is 1. The van der Waals surface area contributed by atoms with Crippen molar-refractivity contribution in [2.45, 2.75) is 0 Å². The number of ether oxygens (including phenoxy) is 1. The highest BCUT2D eigenvalue weighted by Gasteiger charge is 2.16. The van der Waals surface area contributed by atoms with Crippen LogP contribution in [-0.2, 0) is 9.53 Å². The molecule has 140 valence electrons. The number of esters is 1. The van der Waals surface area contributed by atoms with E-state index in [4.69, 9.17) is 10.5 Å². The van der Waals surface area contributed by atoms with Gasteiger partial charge in [-0.3, -0.25) is 14.9 Å². The van der Waals surface area contributed by atoms with E-state index in [1.807, 2.05) is 0 Å². The van der Waals surface area contributed by atoms with Crippen molar-refractivity contribution in [2.75, 3.05) is 18.5 Å². The third kappa shape index (κ3) is 5.92. The zero-order valence-electron chi connectivity index (χ0n) is 14.1. The molecule has 0 atom stereocenters. The Morgan fingerprint density at radius 2 is 1.93 bits per heavy atom. The van der Waals surface area contributed by atoms with Gasteiger partial charge in [0, 0.05) is 24.3 Å². The van der Waals surface area contributed by atoms with Crippen molar-refractivity contribution in [3.63, 3.8) is 0 Å². The summed E-state index contributed by atoms with van der Waals surface area (Å²) in [7, 11) is 0. The Bertz CT molecular complexity index is 881. The van der Waals surface area contributed by atoms with E-state index in [9.17, 15) is 24.1 Å². The van der Waals surface area contributed by atoms with Crippen LogP contribution in [0.1, 0.15) is 15.9 Å². The molecular formula is C18H16FN3O5. The summed E-state index contributed by atoms with van der Waals surface area (Å²) in [5, 5.41) is 13.8. The fraction of sp³-hybridized carbons (Fsp3) is 0.111. The molecule has 9 heteroatoms. The molecule has 0 saturated carbocycles. The molecule has 0 aromatic heterocycles. The van der Waals surface area contributed by atoms with Crippen molar-refractivity contribution in [2.24, 2.45) is 5.73 Å². The molecule has 2 aromatic rings. The first-order chi connectivity index (χ1) is 12.9. The van der Waals surface area contributed by atoms with Crippen LogP contribution in [0.5, 0.6) is 0 Å². The largest absolute Gasteiger partial charge is 0.461 e. The third-order valence-corrected chi connectivity index (χ3v) is 3.42. The van der Waals surface area contributed by atoms with E-state index in [0.717, 1.165) is 6.07 Å². The number of nitro groups is 1. The molecule has 1 amide bonds. The van der Waals surface area contributed by atoms with Gasteiger partial charge in [-0.15, -0.1) is 0 Å². The molecular weight excluding hydrogens is 357 g/mol. The number of amides is 1. The Hall–Kier alpha value is -3.75. The van der Waals surface area contributed by atoms with Gasteiger partial charge in [-0.25, -0.2) is 9.18 Å². The standard InChI is InChI=1S/C18H16FN3O5/c19-14-5-1-12(2-6-14)3-8-17(23)27-10-9-21-15-7-4-13(18(20)24)11-16(15)22(25)26/h1-8,11,21H,9-10H2,(H2,20,24). The molecule has 0 fully saturated rings. The smallest absolute Gasteiger partial charge is 0.330 e. The Labute approximate surface area is 153 Å². The highest BCUT2D eigenvalue weighted by molar-refractivity contribution is 5.94. The van der Waals surface area contributed by atoms with E-state index >= 15 is 0 Å². The predicted octanol–water partition coefficient (Wildman–Crippen LogP) is 2.50. The Kier molecular flexibility index (Phi) is 6.59. The normalized spacial score (nSPS) is 10.6. The van der Waals surface area contributed by atoms with Gasteiger partial charge >= 0.3 is 5.97 Å². The third-order valence-electron chi connectivity index (χ3n) is 3.42. The van der Waals surface area contributed by atoms with Crippen molar-refractivity contribution in [3.05, 3.63) is 75.6 Å². The fourth-order valence-corrected chi connectivity index (χ4v) is 2.11. The van der Waals surface area contributed by atoms with Gasteiger partial charge in [0.05, 0.1) is 4.92 Å². The lowest BCUT2D eigenvalue weighted by Gasteiger charge is -2.08. The van der Waals surface area contributed by atoms with E-state index < -0.39 is 16.8 Å². The first kappa shape index (κ1) is 19.6. The van der Waals surface area contributed by atoms with Gasteiger partial charge in [0.15, 0.2) is 0 Å². The molecule has 0 heterocycles. The molecule has 3 N–H and O–H groups in total. The number of nitrogens with zero attached hydrogens (tertiary/aromatic N) is 1. The highest BCUT2D eigenvalue weighted by Crippen LogP contribution is 2.25.